The van der Waals surface area contributed by atoms with Crippen molar-refractivity contribution in [2.45, 2.75) is 33.2 Å². The van der Waals surface area contributed by atoms with E-state index in [-0.39, 0.29) is 11.8 Å². The van der Waals surface area contributed by atoms with Crippen molar-refractivity contribution in [3.8, 4) is 0 Å². The number of carboxylic acids is 1. The summed E-state index contributed by atoms with van der Waals surface area (Å²) < 4.78 is 0.853. The average molecular weight is 375 g/mol. The standard InChI is InChI=1S/C14H18INO3/c1-4-8(2)12(14(18)19)16-13(17)10-7-5-6-9(3)11(10)15/h5-8,12H,4H2,1-3H3,(H,16,17)(H,18,19). The van der Waals surface area contributed by atoms with E-state index in [1.165, 1.54) is 0 Å². The number of hydrogen-bond acceptors (Lipinski definition) is 2. The molecule has 19 heavy (non-hydrogen) atoms. The molecule has 0 fully saturated rings. The van der Waals surface area contributed by atoms with Crippen LogP contribution in [0.3, 0.4) is 0 Å². The first-order valence-corrected chi connectivity index (χ1v) is 7.25. The van der Waals surface area contributed by atoms with E-state index in [2.05, 4.69) is 27.9 Å². The molecule has 0 heterocycles. The van der Waals surface area contributed by atoms with Crippen molar-refractivity contribution in [1.29, 1.82) is 0 Å². The van der Waals surface area contributed by atoms with Gasteiger partial charge in [-0.1, -0.05) is 32.4 Å². The third kappa shape index (κ3) is 3.92. The lowest BCUT2D eigenvalue weighted by molar-refractivity contribution is -0.140. The van der Waals surface area contributed by atoms with Gasteiger partial charge >= 0.3 is 5.97 Å². The highest BCUT2D eigenvalue weighted by Crippen LogP contribution is 2.17. The Morgan fingerprint density at radius 3 is 2.58 bits per heavy atom. The van der Waals surface area contributed by atoms with Crippen molar-refractivity contribution in [2.24, 2.45) is 5.92 Å². The Kier molecular flexibility index (Phi) is 5.78. The number of carboxylic acid groups (broad SMARTS) is 1. The fourth-order valence-electron chi connectivity index (χ4n) is 1.72. The molecule has 0 aliphatic heterocycles. The molecule has 2 N–H and O–H groups in total. The molecule has 2 unspecified atom stereocenters. The van der Waals surface area contributed by atoms with E-state index in [0.717, 1.165) is 9.13 Å². The highest BCUT2D eigenvalue weighted by molar-refractivity contribution is 14.1. The molecule has 4 nitrogen and oxygen atoms in total. The number of hydrogen-bond donors (Lipinski definition) is 2. The zero-order chi connectivity index (χ0) is 14.6. The number of aryl methyl sites for hydroxylation is 1. The van der Waals surface area contributed by atoms with Crippen molar-refractivity contribution in [1.82, 2.24) is 5.32 Å². The Labute approximate surface area is 126 Å². The molecule has 5 heteroatoms. The van der Waals surface area contributed by atoms with Crippen LogP contribution in [-0.4, -0.2) is 23.0 Å². The fourth-order valence-corrected chi connectivity index (χ4v) is 2.33. The van der Waals surface area contributed by atoms with Crippen LogP contribution in [0.4, 0.5) is 0 Å². The minimum absolute atomic E-state index is 0.107. The van der Waals surface area contributed by atoms with Gasteiger partial charge in [-0.15, -0.1) is 0 Å². The molecule has 0 saturated heterocycles. The van der Waals surface area contributed by atoms with E-state index in [1.807, 2.05) is 26.8 Å². The Morgan fingerprint density at radius 2 is 2.05 bits per heavy atom. The number of amides is 1. The summed E-state index contributed by atoms with van der Waals surface area (Å²) in [6.45, 7) is 5.64. The molecule has 0 bridgehead atoms. The highest BCUT2D eigenvalue weighted by atomic mass is 127. The number of aliphatic carboxylic acids is 1. The van der Waals surface area contributed by atoms with Gasteiger partial charge in [-0.3, -0.25) is 4.79 Å². The number of nitrogens with one attached hydrogen (secondary N) is 1. The smallest absolute Gasteiger partial charge is 0.326 e. The maximum Gasteiger partial charge on any atom is 0.326 e. The van der Waals surface area contributed by atoms with Gasteiger partial charge in [-0.25, -0.2) is 4.79 Å². The van der Waals surface area contributed by atoms with Gasteiger partial charge in [0.05, 0.1) is 5.56 Å². The lowest BCUT2D eigenvalue weighted by atomic mass is 9.99. The number of halogens is 1. The number of benzene rings is 1. The Bertz CT molecular complexity index is 488. The molecule has 0 saturated carbocycles. The van der Waals surface area contributed by atoms with Crippen molar-refractivity contribution < 1.29 is 14.7 Å². The van der Waals surface area contributed by atoms with Crippen molar-refractivity contribution in [3.05, 3.63) is 32.9 Å². The second-order valence-electron chi connectivity index (χ2n) is 4.61. The second-order valence-corrected chi connectivity index (χ2v) is 5.69. The highest BCUT2D eigenvalue weighted by Gasteiger charge is 2.26. The molecule has 104 valence electrons. The van der Waals surface area contributed by atoms with Gasteiger partial charge in [0, 0.05) is 3.57 Å². The summed E-state index contributed by atoms with van der Waals surface area (Å²) in [5.41, 5.74) is 1.53. The van der Waals surface area contributed by atoms with E-state index < -0.39 is 12.0 Å². The van der Waals surface area contributed by atoms with Crippen molar-refractivity contribution >= 4 is 34.5 Å². The minimum atomic E-state index is -0.995. The first-order chi connectivity index (χ1) is 8.88. The topological polar surface area (TPSA) is 66.4 Å². The third-order valence-electron chi connectivity index (χ3n) is 3.20. The first-order valence-electron chi connectivity index (χ1n) is 6.17. The number of rotatable bonds is 5. The molecule has 0 aromatic heterocycles. The molecule has 1 amide bonds. The Hall–Kier alpha value is -1.11. The van der Waals surface area contributed by atoms with Gasteiger partial charge in [0.15, 0.2) is 0 Å². The summed E-state index contributed by atoms with van der Waals surface area (Å²) in [7, 11) is 0. The summed E-state index contributed by atoms with van der Waals surface area (Å²) in [5, 5.41) is 11.8. The second kappa shape index (κ2) is 6.88. The SMILES string of the molecule is CCC(C)C(NC(=O)c1cccc(C)c1I)C(=O)O. The van der Waals surface area contributed by atoms with Gasteiger partial charge in [-0.05, 0) is 47.1 Å². The van der Waals surface area contributed by atoms with Crippen LogP contribution >= 0.6 is 22.6 Å². The predicted octanol–water partition coefficient (Wildman–Crippen LogP) is 2.83. The van der Waals surface area contributed by atoms with Crippen LogP contribution in [0.5, 0.6) is 0 Å². The summed E-state index contributed by atoms with van der Waals surface area (Å²) in [4.78, 5) is 23.4. The molecular weight excluding hydrogens is 357 g/mol. The van der Waals surface area contributed by atoms with Gasteiger partial charge < -0.3 is 10.4 Å². The zero-order valence-electron chi connectivity index (χ0n) is 11.2. The molecule has 0 spiro atoms. The van der Waals surface area contributed by atoms with E-state index in [1.54, 1.807) is 12.1 Å². The van der Waals surface area contributed by atoms with Crippen LogP contribution in [0.1, 0.15) is 36.2 Å². The Morgan fingerprint density at radius 1 is 1.42 bits per heavy atom. The average Bonchev–Trinajstić information content (AvgIpc) is 2.37. The lowest BCUT2D eigenvalue weighted by Crippen LogP contribution is -2.45. The molecule has 1 aromatic rings. The quantitative estimate of drug-likeness (QED) is 0.778. The van der Waals surface area contributed by atoms with E-state index in [4.69, 9.17) is 0 Å². The van der Waals surface area contributed by atoms with Crippen LogP contribution in [0.15, 0.2) is 18.2 Å². The maximum atomic E-state index is 12.2. The largest absolute Gasteiger partial charge is 0.480 e. The van der Waals surface area contributed by atoms with Crippen LogP contribution < -0.4 is 5.32 Å². The van der Waals surface area contributed by atoms with Crippen LogP contribution in [-0.2, 0) is 4.79 Å². The molecule has 0 aliphatic rings. The van der Waals surface area contributed by atoms with E-state index >= 15 is 0 Å². The number of carbonyl (C=O) groups excluding carboxylic acids is 1. The first kappa shape index (κ1) is 15.9. The van der Waals surface area contributed by atoms with Crippen LogP contribution in [0.2, 0.25) is 0 Å². The summed E-state index contributed by atoms with van der Waals surface area (Å²) in [5.74, 6) is -1.44. The van der Waals surface area contributed by atoms with Crippen LogP contribution in [0, 0.1) is 16.4 Å². The molecular formula is C14H18INO3. The Balaban J connectivity index is 2.94. The van der Waals surface area contributed by atoms with Gasteiger partial charge in [0.1, 0.15) is 6.04 Å². The summed E-state index contributed by atoms with van der Waals surface area (Å²) >= 11 is 2.10. The van der Waals surface area contributed by atoms with Gasteiger partial charge in [0.25, 0.3) is 5.91 Å². The van der Waals surface area contributed by atoms with E-state index in [0.29, 0.717) is 12.0 Å². The molecule has 1 aromatic carbocycles. The minimum Gasteiger partial charge on any atom is -0.480 e. The lowest BCUT2D eigenvalue weighted by Gasteiger charge is -2.20. The summed E-state index contributed by atoms with van der Waals surface area (Å²) in [6.07, 6.45) is 0.697. The molecule has 1 rings (SSSR count). The van der Waals surface area contributed by atoms with Crippen molar-refractivity contribution in [3.63, 3.8) is 0 Å². The van der Waals surface area contributed by atoms with Gasteiger partial charge in [-0.2, -0.15) is 0 Å². The zero-order valence-corrected chi connectivity index (χ0v) is 13.4. The fraction of sp³-hybridized carbons (Fsp3) is 0.429. The third-order valence-corrected chi connectivity index (χ3v) is 4.63. The van der Waals surface area contributed by atoms with Crippen LogP contribution in [0.25, 0.3) is 0 Å². The molecule has 2 atom stereocenters. The monoisotopic (exact) mass is 375 g/mol. The summed E-state index contributed by atoms with van der Waals surface area (Å²) in [6, 6.07) is 4.57. The molecule has 0 radical (unpaired) electrons. The predicted molar refractivity (Wildman–Crippen MR) is 82.2 cm³/mol. The number of carbonyl (C=O) groups is 2. The normalized spacial score (nSPS) is 13.7. The maximum absolute atomic E-state index is 12.2. The molecule has 0 aliphatic carbocycles. The van der Waals surface area contributed by atoms with E-state index in [9.17, 15) is 14.7 Å². The van der Waals surface area contributed by atoms with Crippen molar-refractivity contribution in [2.75, 3.05) is 0 Å². The van der Waals surface area contributed by atoms with Gasteiger partial charge in [0.2, 0.25) is 0 Å².